The number of hydrogen-bond donors (Lipinski definition) is 2. The molecule has 2 N–H and O–H groups in total. The van der Waals surface area contributed by atoms with Crippen molar-refractivity contribution in [3.05, 3.63) is 65.2 Å². The van der Waals surface area contributed by atoms with Gasteiger partial charge in [0.1, 0.15) is 0 Å². The molecule has 0 radical (unpaired) electrons. The van der Waals surface area contributed by atoms with E-state index in [0.29, 0.717) is 11.3 Å². The number of amides is 4. The van der Waals surface area contributed by atoms with E-state index in [4.69, 9.17) is 0 Å². The third kappa shape index (κ3) is 6.94. The van der Waals surface area contributed by atoms with Gasteiger partial charge in [-0.1, -0.05) is 24.3 Å². The van der Waals surface area contributed by atoms with Crippen molar-refractivity contribution in [1.82, 2.24) is 15.8 Å². The molecule has 188 valence electrons. The first kappa shape index (κ1) is 26.0. The Balaban J connectivity index is 1.74. The summed E-state index contributed by atoms with van der Waals surface area (Å²) < 4.78 is 60.3. The Hall–Kier alpha value is -3.61. The van der Waals surface area contributed by atoms with Gasteiger partial charge in [-0.3, -0.25) is 25.3 Å². The molecule has 1 aliphatic heterocycles. The van der Waals surface area contributed by atoms with Crippen LogP contribution in [0.5, 0.6) is 0 Å². The van der Waals surface area contributed by atoms with Crippen molar-refractivity contribution in [1.29, 1.82) is 0 Å². The van der Waals surface area contributed by atoms with E-state index in [1.165, 1.54) is 39.5 Å². The van der Waals surface area contributed by atoms with Crippen LogP contribution in [0.1, 0.15) is 21.5 Å². The molecule has 2 aromatic rings. The van der Waals surface area contributed by atoms with Crippen molar-refractivity contribution < 1.29 is 36.0 Å². The van der Waals surface area contributed by atoms with Gasteiger partial charge < -0.3 is 4.90 Å². The molecule has 1 saturated heterocycles. The highest BCUT2D eigenvalue weighted by molar-refractivity contribution is 7.91. The minimum absolute atomic E-state index is 0.00843. The second kappa shape index (κ2) is 10.3. The number of halogens is 3. The van der Waals surface area contributed by atoms with Crippen LogP contribution in [-0.2, 0) is 21.2 Å². The van der Waals surface area contributed by atoms with E-state index >= 15 is 0 Å². The molecule has 35 heavy (non-hydrogen) atoms. The van der Waals surface area contributed by atoms with Gasteiger partial charge in [0, 0.05) is 24.3 Å². The highest BCUT2D eigenvalue weighted by Crippen LogP contribution is 2.22. The number of urea groups is 1. The molecule has 0 unspecified atom stereocenters. The predicted octanol–water partition coefficient (Wildman–Crippen LogP) is 2.18. The zero-order chi connectivity index (χ0) is 25.8. The lowest BCUT2D eigenvalue weighted by Gasteiger charge is -2.33. The number of anilines is 1. The second-order valence-corrected chi connectivity index (χ2v) is 10.3. The fourth-order valence-electron chi connectivity index (χ4n) is 3.34. The van der Waals surface area contributed by atoms with Crippen LogP contribution in [0, 0.1) is 6.92 Å². The Morgan fingerprint density at radius 3 is 2.20 bits per heavy atom. The summed E-state index contributed by atoms with van der Waals surface area (Å²) >= 11 is 0. The average molecular weight is 513 g/mol. The van der Waals surface area contributed by atoms with E-state index in [0.717, 1.165) is 5.56 Å². The summed E-state index contributed by atoms with van der Waals surface area (Å²) in [6.07, 6.45) is -5.14. The largest absolute Gasteiger partial charge is 0.472 e. The molecule has 2 aromatic carbocycles. The van der Waals surface area contributed by atoms with E-state index < -0.39 is 27.8 Å². The summed E-state index contributed by atoms with van der Waals surface area (Å²) in [6.45, 7) is 2.11. The van der Waals surface area contributed by atoms with Crippen LogP contribution in [0.2, 0.25) is 0 Å². The fraction of sp³-hybridized carbons (Fsp3) is 0.318. The maximum absolute atomic E-state index is 13.3. The Bertz CT molecular complexity index is 1200. The quantitative estimate of drug-likeness (QED) is 0.610. The summed E-state index contributed by atoms with van der Waals surface area (Å²) in [7, 11) is -3.18. The zero-order valence-electron chi connectivity index (χ0n) is 18.6. The van der Waals surface area contributed by atoms with E-state index in [1.54, 1.807) is 17.6 Å². The second-order valence-electron chi connectivity index (χ2n) is 7.95. The highest BCUT2D eigenvalue weighted by Gasteiger charge is 2.39. The fourth-order valence-corrected chi connectivity index (χ4v) is 4.54. The standard InChI is InChI=1S/C22H23F3N4O5S/c1-15-3-2-4-18(13-15)29(21(32)28-9-11-35(33,34)12-10-28)14-16-5-7-17(8-6-16)19(30)26-27-20(31)22(23,24)25/h2-8,13H,9-12,14H2,1H3,(H,26,30)(H,27,31). The Morgan fingerprint density at radius 1 is 1.00 bits per heavy atom. The highest BCUT2D eigenvalue weighted by atomic mass is 32.2. The SMILES string of the molecule is Cc1cccc(N(Cc2ccc(C(=O)NNC(=O)C(F)(F)F)cc2)C(=O)N2CCS(=O)(=O)CC2)c1. The summed E-state index contributed by atoms with van der Waals surface area (Å²) in [5.74, 6) is -3.49. The van der Waals surface area contributed by atoms with Crippen LogP contribution in [0.4, 0.5) is 23.7 Å². The molecule has 0 bridgehead atoms. The van der Waals surface area contributed by atoms with Gasteiger partial charge in [-0.05, 0) is 42.3 Å². The topological polar surface area (TPSA) is 116 Å². The number of carbonyl (C=O) groups is 3. The Labute approximate surface area is 199 Å². The normalized spacial score (nSPS) is 15.3. The number of hydrogen-bond acceptors (Lipinski definition) is 5. The lowest BCUT2D eigenvalue weighted by Crippen LogP contribution is -2.49. The Kier molecular flexibility index (Phi) is 7.68. The van der Waals surface area contributed by atoms with Crippen LogP contribution >= 0.6 is 0 Å². The number of alkyl halides is 3. The van der Waals surface area contributed by atoms with Gasteiger partial charge in [-0.2, -0.15) is 13.2 Å². The Morgan fingerprint density at radius 2 is 1.63 bits per heavy atom. The van der Waals surface area contributed by atoms with E-state index in [1.807, 2.05) is 19.1 Å². The van der Waals surface area contributed by atoms with E-state index in [-0.39, 0.29) is 42.7 Å². The molecule has 0 aliphatic carbocycles. The van der Waals surface area contributed by atoms with Crippen molar-refractivity contribution in [2.24, 2.45) is 0 Å². The van der Waals surface area contributed by atoms with Crippen LogP contribution < -0.4 is 15.8 Å². The lowest BCUT2D eigenvalue weighted by molar-refractivity contribution is -0.174. The molecule has 1 fully saturated rings. The molecule has 0 aromatic heterocycles. The lowest BCUT2D eigenvalue weighted by atomic mass is 10.1. The molecule has 1 aliphatic rings. The van der Waals surface area contributed by atoms with Crippen molar-refractivity contribution in [2.45, 2.75) is 19.6 Å². The molecule has 13 heteroatoms. The maximum Gasteiger partial charge on any atom is 0.472 e. The summed E-state index contributed by atoms with van der Waals surface area (Å²) in [5, 5.41) is 0. The third-order valence-electron chi connectivity index (χ3n) is 5.26. The molecule has 3 rings (SSSR count). The van der Waals surface area contributed by atoms with Crippen LogP contribution in [0.25, 0.3) is 0 Å². The van der Waals surface area contributed by atoms with Crippen molar-refractivity contribution in [3.8, 4) is 0 Å². The van der Waals surface area contributed by atoms with E-state index in [2.05, 4.69) is 0 Å². The smallest absolute Gasteiger partial charge is 0.322 e. The van der Waals surface area contributed by atoms with Crippen LogP contribution in [0.15, 0.2) is 48.5 Å². The molecule has 0 spiro atoms. The molecule has 9 nitrogen and oxygen atoms in total. The number of aryl methyl sites for hydroxylation is 1. The van der Waals surface area contributed by atoms with Gasteiger partial charge >= 0.3 is 18.1 Å². The van der Waals surface area contributed by atoms with Gasteiger partial charge in [0.2, 0.25) is 0 Å². The molecule has 0 atom stereocenters. The maximum atomic E-state index is 13.3. The van der Waals surface area contributed by atoms with Crippen molar-refractivity contribution in [2.75, 3.05) is 29.5 Å². The minimum Gasteiger partial charge on any atom is -0.322 e. The monoisotopic (exact) mass is 512 g/mol. The summed E-state index contributed by atoms with van der Waals surface area (Å²) in [4.78, 5) is 39.1. The van der Waals surface area contributed by atoms with Gasteiger partial charge in [0.05, 0.1) is 18.1 Å². The van der Waals surface area contributed by atoms with Crippen LogP contribution in [-0.4, -0.2) is 61.9 Å². The first-order valence-corrected chi connectivity index (χ1v) is 12.3. The number of benzene rings is 2. The average Bonchev–Trinajstić information content (AvgIpc) is 2.80. The molecule has 0 saturated carbocycles. The van der Waals surface area contributed by atoms with E-state index in [9.17, 15) is 36.0 Å². The summed E-state index contributed by atoms with van der Waals surface area (Å²) in [5.41, 5.74) is 5.09. The predicted molar refractivity (Wildman–Crippen MR) is 121 cm³/mol. The number of nitrogens with one attached hydrogen (secondary N) is 2. The molecule has 1 heterocycles. The number of sulfone groups is 1. The molecular weight excluding hydrogens is 489 g/mol. The van der Waals surface area contributed by atoms with Gasteiger partial charge in [0.15, 0.2) is 9.84 Å². The number of rotatable bonds is 4. The molecular formula is C22H23F3N4O5S. The van der Waals surface area contributed by atoms with Gasteiger partial charge in [-0.25, -0.2) is 13.2 Å². The zero-order valence-corrected chi connectivity index (χ0v) is 19.4. The first-order valence-electron chi connectivity index (χ1n) is 10.5. The van der Waals surface area contributed by atoms with Crippen molar-refractivity contribution in [3.63, 3.8) is 0 Å². The van der Waals surface area contributed by atoms with Gasteiger partial charge in [0.25, 0.3) is 5.91 Å². The summed E-state index contributed by atoms with van der Waals surface area (Å²) in [6, 6.07) is 12.6. The van der Waals surface area contributed by atoms with Gasteiger partial charge in [-0.15, -0.1) is 0 Å². The first-order chi connectivity index (χ1) is 16.4. The van der Waals surface area contributed by atoms with Crippen LogP contribution in [0.3, 0.4) is 0 Å². The number of carbonyl (C=O) groups excluding carboxylic acids is 3. The third-order valence-corrected chi connectivity index (χ3v) is 6.87. The van der Waals surface area contributed by atoms with Crippen molar-refractivity contribution >= 4 is 33.4 Å². The molecule has 4 amide bonds. The minimum atomic E-state index is -5.14. The number of hydrazine groups is 1. The number of nitrogens with zero attached hydrogens (tertiary/aromatic N) is 2.